The quantitative estimate of drug-likeness (QED) is 0.907. The number of fused-ring (bicyclic) bond motifs is 1. The number of furan rings is 1. The summed E-state index contributed by atoms with van der Waals surface area (Å²) in [6.07, 6.45) is 3.61. The summed E-state index contributed by atoms with van der Waals surface area (Å²) in [5, 5.41) is 4.85. The molecule has 2 unspecified atom stereocenters. The molecule has 3 rings (SSSR count). The molecule has 0 aliphatic carbocycles. The van der Waals surface area contributed by atoms with Crippen molar-refractivity contribution < 1.29 is 4.42 Å². The van der Waals surface area contributed by atoms with Gasteiger partial charge in [0.25, 0.3) is 0 Å². The molecule has 0 amide bonds. The van der Waals surface area contributed by atoms with Gasteiger partial charge in [0.05, 0.1) is 6.04 Å². The Morgan fingerprint density at radius 2 is 2.19 bits per heavy atom. The van der Waals surface area contributed by atoms with E-state index in [1.807, 2.05) is 6.07 Å². The van der Waals surface area contributed by atoms with Gasteiger partial charge in [-0.25, -0.2) is 0 Å². The SMILES string of the molecule is CCc1c(C(C)N(C)CC2CCCN2)oc2ccccc12. The Morgan fingerprint density at radius 1 is 1.38 bits per heavy atom. The van der Waals surface area contributed by atoms with E-state index in [9.17, 15) is 0 Å². The molecule has 2 heterocycles. The molecule has 1 aromatic carbocycles. The molecule has 0 bridgehead atoms. The van der Waals surface area contributed by atoms with Crippen LogP contribution in [0.25, 0.3) is 11.0 Å². The van der Waals surface area contributed by atoms with Gasteiger partial charge in [-0.1, -0.05) is 25.1 Å². The monoisotopic (exact) mass is 286 g/mol. The van der Waals surface area contributed by atoms with Gasteiger partial charge < -0.3 is 9.73 Å². The molecule has 0 spiro atoms. The molecular formula is C18H26N2O. The van der Waals surface area contributed by atoms with Crippen LogP contribution in [0.3, 0.4) is 0 Å². The number of hydrogen-bond donors (Lipinski definition) is 1. The van der Waals surface area contributed by atoms with E-state index in [1.165, 1.54) is 23.8 Å². The van der Waals surface area contributed by atoms with Crippen LogP contribution in [0, 0.1) is 0 Å². The number of nitrogens with one attached hydrogen (secondary N) is 1. The fourth-order valence-corrected chi connectivity index (χ4v) is 3.44. The molecule has 21 heavy (non-hydrogen) atoms. The first-order valence-corrected chi connectivity index (χ1v) is 8.14. The van der Waals surface area contributed by atoms with Gasteiger partial charge in [0.2, 0.25) is 0 Å². The van der Waals surface area contributed by atoms with Gasteiger partial charge in [-0.05, 0) is 45.8 Å². The molecule has 3 heteroatoms. The molecule has 1 N–H and O–H groups in total. The van der Waals surface area contributed by atoms with Gasteiger partial charge in [0.1, 0.15) is 11.3 Å². The predicted molar refractivity (Wildman–Crippen MR) is 87.7 cm³/mol. The molecule has 114 valence electrons. The van der Waals surface area contributed by atoms with Crippen molar-refractivity contribution in [3.05, 3.63) is 35.6 Å². The minimum absolute atomic E-state index is 0.315. The minimum atomic E-state index is 0.315. The van der Waals surface area contributed by atoms with Crippen molar-refractivity contribution in [2.24, 2.45) is 0 Å². The summed E-state index contributed by atoms with van der Waals surface area (Å²) >= 11 is 0. The Labute approximate surface area is 127 Å². The summed E-state index contributed by atoms with van der Waals surface area (Å²) in [6.45, 7) is 6.72. The van der Waals surface area contributed by atoms with E-state index in [0.717, 1.165) is 30.9 Å². The molecule has 0 saturated carbocycles. The third-order valence-electron chi connectivity index (χ3n) is 4.79. The zero-order valence-electron chi connectivity index (χ0n) is 13.4. The Morgan fingerprint density at radius 3 is 2.90 bits per heavy atom. The van der Waals surface area contributed by atoms with Gasteiger partial charge in [-0.2, -0.15) is 0 Å². The van der Waals surface area contributed by atoms with Gasteiger partial charge in [0.15, 0.2) is 0 Å². The minimum Gasteiger partial charge on any atom is -0.459 e. The van der Waals surface area contributed by atoms with Crippen molar-refractivity contribution in [1.29, 1.82) is 0 Å². The molecule has 2 atom stereocenters. The van der Waals surface area contributed by atoms with Crippen molar-refractivity contribution in [2.75, 3.05) is 20.1 Å². The summed E-state index contributed by atoms with van der Waals surface area (Å²) in [7, 11) is 2.21. The average molecular weight is 286 g/mol. The van der Waals surface area contributed by atoms with Crippen LogP contribution in [0.5, 0.6) is 0 Å². The zero-order valence-corrected chi connectivity index (χ0v) is 13.4. The van der Waals surface area contributed by atoms with E-state index in [4.69, 9.17) is 4.42 Å². The van der Waals surface area contributed by atoms with E-state index in [2.05, 4.69) is 49.3 Å². The van der Waals surface area contributed by atoms with E-state index in [0.29, 0.717) is 12.1 Å². The average Bonchev–Trinajstić information content (AvgIpc) is 3.12. The molecule has 1 saturated heterocycles. The normalized spacial score (nSPS) is 20.5. The predicted octanol–water partition coefficient (Wildman–Crippen LogP) is 3.74. The Bertz CT molecular complexity index is 598. The van der Waals surface area contributed by atoms with Gasteiger partial charge in [0, 0.05) is 23.5 Å². The number of nitrogens with zero attached hydrogens (tertiary/aromatic N) is 1. The van der Waals surface area contributed by atoms with Crippen LogP contribution in [0.15, 0.2) is 28.7 Å². The lowest BCUT2D eigenvalue weighted by atomic mass is 10.0. The van der Waals surface area contributed by atoms with Crippen molar-refractivity contribution in [3.8, 4) is 0 Å². The van der Waals surface area contributed by atoms with Gasteiger partial charge >= 0.3 is 0 Å². The van der Waals surface area contributed by atoms with Crippen LogP contribution in [0.4, 0.5) is 0 Å². The summed E-state index contributed by atoms with van der Waals surface area (Å²) < 4.78 is 6.18. The first kappa shape index (κ1) is 14.6. The second-order valence-corrected chi connectivity index (χ2v) is 6.20. The molecule has 0 radical (unpaired) electrons. The van der Waals surface area contributed by atoms with Crippen molar-refractivity contribution in [1.82, 2.24) is 10.2 Å². The van der Waals surface area contributed by atoms with Crippen molar-refractivity contribution in [3.63, 3.8) is 0 Å². The highest BCUT2D eigenvalue weighted by Crippen LogP contribution is 2.32. The fraction of sp³-hybridized carbons (Fsp3) is 0.556. The van der Waals surface area contributed by atoms with Crippen LogP contribution in [0.1, 0.15) is 44.1 Å². The highest BCUT2D eigenvalue weighted by Gasteiger charge is 2.24. The highest BCUT2D eigenvalue weighted by atomic mass is 16.3. The highest BCUT2D eigenvalue weighted by molar-refractivity contribution is 5.82. The molecular weight excluding hydrogens is 260 g/mol. The largest absolute Gasteiger partial charge is 0.459 e. The molecule has 1 aromatic heterocycles. The van der Waals surface area contributed by atoms with Crippen LogP contribution >= 0.6 is 0 Å². The van der Waals surface area contributed by atoms with E-state index in [1.54, 1.807) is 0 Å². The number of aryl methyl sites for hydroxylation is 1. The third kappa shape index (κ3) is 2.85. The first-order chi connectivity index (χ1) is 10.2. The molecule has 1 fully saturated rings. The molecule has 2 aromatic rings. The van der Waals surface area contributed by atoms with Gasteiger partial charge in [-0.3, -0.25) is 4.90 Å². The number of likely N-dealkylation sites (N-methyl/N-ethyl adjacent to an activating group) is 1. The standard InChI is InChI=1S/C18H26N2O/c1-4-15-16-9-5-6-10-17(16)21-18(15)13(2)20(3)12-14-8-7-11-19-14/h5-6,9-10,13-14,19H,4,7-8,11-12H2,1-3H3. The number of para-hydroxylation sites is 1. The third-order valence-corrected chi connectivity index (χ3v) is 4.79. The van der Waals surface area contributed by atoms with Crippen LogP contribution in [0.2, 0.25) is 0 Å². The second kappa shape index (κ2) is 6.20. The summed E-state index contributed by atoms with van der Waals surface area (Å²) in [6, 6.07) is 9.33. The maximum atomic E-state index is 6.18. The summed E-state index contributed by atoms with van der Waals surface area (Å²) in [5.41, 5.74) is 2.38. The van der Waals surface area contributed by atoms with E-state index >= 15 is 0 Å². The lowest BCUT2D eigenvalue weighted by Gasteiger charge is -2.26. The Hall–Kier alpha value is -1.32. The maximum Gasteiger partial charge on any atom is 0.134 e. The number of benzene rings is 1. The second-order valence-electron chi connectivity index (χ2n) is 6.20. The molecule has 3 nitrogen and oxygen atoms in total. The first-order valence-electron chi connectivity index (χ1n) is 8.14. The topological polar surface area (TPSA) is 28.4 Å². The van der Waals surface area contributed by atoms with E-state index in [-0.39, 0.29) is 0 Å². The lowest BCUT2D eigenvalue weighted by Crippen LogP contribution is -2.36. The van der Waals surface area contributed by atoms with E-state index < -0.39 is 0 Å². The van der Waals surface area contributed by atoms with Crippen LogP contribution < -0.4 is 5.32 Å². The lowest BCUT2D eigenvalue weighted by molar-refractivity contribution is 0.214. The molecule has 1 aliphatic heterocycles. The van der Waals surface area contributed by atoms with Gasteiger partial charge in [-0.15, -0.1) is 0 Å². The van der Waals surface area contributed by atoms with Crippen molar-refractivity contribution in [2.45, 2.75) is 45.2 Å². The zero-order chi connectivity index (χ0) is 14.8. The van der Waals surface area contributed by atoms with Crippen LogP contribution in [-0.2, 0) is 6.42 Å². The fourth-order valence-electron chi connectivity index (χ4n) is 3.44. The molecule has 1 aliphatic rings. The summed E-state index contributed by atoms with van der Waals surface area (Å²) in [4.78, 5) is 2.42. The number of hydrogen-bond acceptors (Lipinski definition) is 3. The smallest absolute Gasteiger partial charge is 0.134 e. The Balaban J connectivity index is 1.84. The summed E-state index contributed by atoms with van der Waals surface area (Å²) in [5.74, 6) is 1.14. The Kier molecular flexibility index (Phi) is 4.32. The number of rotatable bonds is 5. The van der Waals surface area contributed by atoms with Crippen molar-refractivity contribution >= 4 is 11.0 Å². The van der Waals surface area contributed by atoms with Crippen LogP contribution in [-0.4, -0.2) is 31.1 Å². The maximum absolute atomic E-state index is 6.18.